The van der Waals surface area contributed by atoms with Gasteiger partial charge in [0.1, 0.15) is 5.69 Å². The van der Waals surface area contributed by atoms with Crippen molar-refractivity contribution in [2.75, 3.05) is 40.4 Å². The molecule has 0 radical (unpaired) electrons. The monoisotopic (exact) mass is 292 g/mol. The summed E-state index contributed by atoms with van der Waals surface area (Å²) in [6.07, 6.45) is 4.10. The zero-order valence-corrected chi connectivity index (χ0v) is 13.1. The highest BCUT2D eigenvalue weighted by Crippen LogP contribution is 2.38. The molecule has 1 amide bonds. The van der Waals surface area contributed by atoms with E-state index >= 15 is 0 Å². The first-order valence-corrected chi connectivity index (χ1v) is 7.53. The van der Waals surface area contributed by atoms with Crippen molar-refractivity contribution in [3.8, 4) is 0 Å². The Balaban J connectivity index is 1.64. The van der Waals surface area contributed by atoms with Gasteiger partial charge in [-0.25, -0.2) is 0 Å². The van der Waals surface area contributed by atoms with Gasteiger partial charge in [0.05, 0.1) is 5.54 Å². The first-order valence-electron chi connectivity index (χ1n) is 7.53. The van der Waals surface area contributed by atoms with E-state index < -0.39 is 0 Å². The van der Waals surface area contributed by atoms with Crippen LogP contribution in [0.15, 0.2) is 12.3 Å². The summed E-state index contributed by atoms with van der Waals surface area (Å²) >= 11 is 0. The number of rotatable bonds is 3. The second-order valence-corrected chi connectivity index (χ2v) is 6.50. The lowest BCUT2D eigenvalue weighted by molar-refractivity contribution is -0.0732. The van der Waals surface area contributed by atoms with Crippen molar-refractivity contribution in [1.82, 2.24) is 19.6 Å². The van der Waals surface area contributed by atoms with Crippen molar-refractivity contribution in [2.45, 2.75) is 18.4 Å². The van der Waals surface area contributed by atoms with E-state index in [1.54, 1.807) is 17.9 Å². The SMILES string of the molecule is COC[C@@H]1CCN(C)C2(C1)CN(C(=O)c1ccn(C)n1)C2. The van der Waals surface area contributed by atoms with Crippen molar-refractivity contribution in [1.29, 1.82) is 0 Å². The molecule has 2 saturated heterocycles. The third-order valence-electron chi connectivity index (χ3n) is 4.94. The molecule has 2 aliphatic rings. The Bertz CT molecular complexity index is 521. The van der Waals surface area contributed by atoms with Crippen LogP contribution in [0.4, 0.5) is 0 Å². The second-order valence-electron chi connectivity index (χ2n) is 6.50. The van der Waals surface area contributed by atoms with Crippen LogP contribution in [-0.4, -0.2) is 71.4 Å². The lowest BCUT2D eigenvalue weighted by Crippen LogP contribution is -2.72. The van der Waals surface area contributed by atoms with Crippen LogP contribution >= 0.6 is 0 Å². The maximum Gasteiger partial charge on any atom is 0.274 e. The molecule has 116 valence electrons. The van der Waals surface area contributed by atoms with Crippen LogP contribution in [0.2, 0.25) is 0 Å². The van der Waals surface area contributed by atoms with Gasteiger partial charge >= 0.3 is 0 Å². The summed E-state index contributed by atoms with van der Waals surface area (Å²) < 4.78 is 6.98. The molecule has 6 heteroatoms. The molecule has 3 rings (SSSR count). The summed E-state index contributed by atoms with van der Waals surface area (Å²) in [4.78, 5) is 16.7. The minimum Gasteiger partial charge on any atom is -0.384 e. The largest absolute Gasteiger partial charge is 0.384 e. The summed E-state index contributed by atoms with van der Waals surface area (Å²) in [6.45, 7) is 3.52. The molecule has 21 heavy (non-hydrogen) atoms. The van der Waals surface area contributed by atoms with Crippen LogP contribution in [-0.2, 0) is 11.8 Å². The minimum absolute atomic E-state index is 0.0449. The van der Waals surface area contributed by atoms with Crippen molar-refractivity contribution in [2.24, 2.45) is 13.0 Å². The molecule has 0 N–H and O–H groups in total. The molecular weight excluding hydrogens is 268 g/mol. The number of hydrogen-bond donors (Lipinski definition) is 0. The van der Waals surface area contributed by atoms with Crippen LogP contribution in [0.3, 0.4) is 0 Å². The van der Waals surface area contributed by atoms with E-state index in [9.17, 15) is 4.79 Å². The van der Waals surface area contributed by atoms with Gasteiger partial charge in [0.15, 0.2) is 0 Å². The van der Waals surface area contributed by atoms with Crippen LogP contribution in [0.25, 0.3) is 0 Å². The van der Waals surface area contributed by atoms with E-state index in [1.807, 2.05) is 18.1 Å². The highest BCUT2D eigenvalue weighted by Gasteiger charge is 2.51. The van der Waals surface area contributed by atoms with Gasteiger partial charge in [-0.2, -0.15) is 5.10 Å². The average molecular weight is 292 g/mol. The zero-order valence-electron chi connectivity index (χ0n) is 13.1. The minimum atomic E-state index is 0.0449. The number of hydrogen-bond acceptors (Lipinski definition) is 4. The Morgan fingerprint density at radius 1 is 1.48 bits per heavy atom. The number of amides is 1. The molecular formula is C15H24N4O2. The Labute approximate surface area is 125 Å². The highest BCUT2D eigenvalue weighted by molar-refractivity contribution is 5.93. The predicted octanol–water partition coefficient (Wildman–Crippen LogP) is 0.603. The third kappa shape index (κ3) is 2.58. The summed E-state index contributed by atoms with van der Waals surface area (Å²) in [5.41, 5.74) is 0.686. The van der Waals surface area contributed by atoms with Crippen LogP contribution < -0.4 is 0 Å². The van der Waals surface area contributed by atoms with Crippen molar-refractivity contribution >= 4 is 5.91 Å². The van der Waals surface area contributed by atoms with Gasteiger partial charge in [-0.15, -0.1) is 0 Å². The standard InChI is InChI=1S/C15H24N4O2/c1-17-6-4-12(9-21-3)8-15(17)10-19(11-15)14(20)13-5-7-18(2)16-13/h5,7,12H,4,6,8-11H2,1-3H3/t12-/m1/s1. The number of piperidine rings is 1. The summed E-state index contributed by atoms with van der Waals surface area (Å²) in [6, 6.07) is 1.78. The Morgan fingerprint density at radius 2 is 2.24 bits per heavy atom. The van der Waals surface area contributed by atoms with E-state index in [-0.39, 0.29) is 11.4 Å². The molecule has 0 saturated carbocycles. The Morgan fingerprint density at radius 3 is 2.86 bits per heavy atom. The first kappa shape index (κ1) is 14.5. The van der Waals surface area contributed by atoms with Gasteiger partial charge in [0.2, 0.25) is 0 Å². The van der Waals surface area contributed by atoms with Gasteiger partial charge in [-0.3, -0.25) is 14.4 Å². The van der Waals surface area contributed by atoms with Gasteiger partial charge in [-0.05, 0) is 38.4 Å². The lowest BCUT2D eigenvalue weighted by Gasteiger charge is -2.58. The molecule has 1 aromatic rings. The number of likely N-dealkylation sites (N-methyl/N-ethyl adjacent to an activating group) is 1. The summed E-state index contributed by atoms with van der Waals surface area (Å²) in [5, 5.41) is 4.20. The topological polar surface area (TPSA) is 50.6 Å². The number of aromatic nitrogens is 2. The fourth-order valence-corrected chi connectivity index (χ4v) is 3.66. The molecule has 3 heterocycles. The van der Waals surface area contributed by atoms with Crippen LogP contribution in [0, 0.1) is 5.92 Å². The molecule has 2 fully saturated rings. The zero-order chi connectivity index (χ0) is 15.0. The molecule has 1 aromatic heterocycles. The molecule has 0 aromatic carbocycles. The summed E-state index contributed by atoms with van der Waals surface area (Å²) in [7, 11) is 5.77. The molecule has 6 nitrogen and oxygen atoms in total. The van der Waals surface area contributed by atoms with Crippen molar-refractivity contribution in [3.63, 3.8) is 0 Å². The normalized spacial score (nSPS) is 25.1. The Hall–Kier alpha value is -1.40. The van der Waals surface area contributed by atoms with E-state index in [2.05, 4.69) is 17.0 Å². The number of likely N-dealkylation sites (tertiary alicyclic amines) is 2. The van der Waals surface area contributed by atoms with Crippen molar-refractivity contribution < 1.29 is 9.53 Å². The average Bonchev–Trinajstić information content (AvgIpc) is 2.85. The van der Waals surface area contributed by atoms with E-state index in [1.165, 1.54) is 6.42 Å². The third-order valence-corrected chi connectivity index (χ3v) is 4.94. The highest BCUT2D eigenvalue weighted by atomic mass is 16.5. The molecule has 2 aliphatic heterocycles. The predicted molar refractivity (Wildman–Crippen MR) is 79.1 cm³/mol. The van der Waals surface area contributed by atoms with E-state index in [0.29, 0.717) is 11.6 Å². The van der Waals surface area contributed by atoms with Crippen LogP contribution in [0.1, 0.15) is 23.3 Å². The summed E-state index contributed by atoms with van der Waals surface area (Å²) in [5.74, 6) is 0.654. The second kappa shape index (κ2) is 5.42. The van der Waals surface area contributed by atoms with Gasteiger partial charge < -0.3 is 9.64 Å². The van der Waals surface area contributed by atoms with Crippen molar-refractivity contribution in [3.05, 3.63) is 18.0 Å². The first-order chi connectivity index (χ1) is 10.0. The molecule has 1 atom stereocenters. The number of carbonyl (C=O) groups excluding carboxylic acids is 1. The molecule has 0 aliphatic carbocycles. The number of aryl methyl sites for hydroxylation is 1. The maximum atomic E-state index is 12.4. The quantitative estimate of drug-likeness (QED) is 0.819. The van der Waals surface area contributed by atoms with Crippen LogP contribution in [0.5, 0.6) is 0 Å². The Kier molecular flexibility index (Phi) is 3.75. The number of carbonyl (C=O) groups is 1. The van der Waals surface area contributed by atoms with E-state index in [0.717, 1.165) is 32.7 Å². The fourth-order valence-electron chi connectivity index (χ4n) is 3.66. The van der Waals surface area contributed by atoms with Gasteiger partial charge in [0, 0.05) is 40.1 Å². The molecule has 1 spiro atoms. The van der Waals surface area contributed by atoms with Gasteiger partial charge in [-0.1, -0.05) is 0 Å². The van der Waals surface area contributed by atoms with Gasteiger partial charge in [0.25, 0.3) is 5.91 Å². The molecule has 0 unspecified atom stereocenters. The number of nitrogens with zero attached hydrogens (tertiary/aromatic N) is 4. The maximum absolute atomic E-state index is 12.4. The van der Waals surface area contributed by atoms with E-state index in [4.69, 9.17) is 4.74 Å². The fraction of sp³-hybridized carbons (Fsp3) is 0.733. The number of methoxy groups -OCH3 is 1. The smallest absolute Gasteiger partial charge is 0.274 e. The molecule has 0 bridgehead atoms. The lowest BCUT2D eigenvalue weighted by atomic mass is 9.75. The number of ether oxygens (including phenoxy) is 1.